The summed E-state index contributed by atoms with van der Waals surface area (Å²) in [4.78, 5) is 12.1. The highest BCUT2D eigenvalue weighted by molar-refractivity contribution is 7.88. The average Bonchev–Trinajstić information content (AvgIpc) is 2.41. The van der Waals surface area contributed by atoms with E-state index in [-0.39, 0.29) is 24.9 Å². The topological polar surface area (TPSA) is 66.5 Å². The molecular weight excluding hydrogens is 300 g/mol. The molecule has 1 atom stereocenters. The predicted molar refractivity (Wildman–Crippen MR) is 90.5 cm³/mol. The summed E-state index contributed by atoms with van der Waals surface area (Å²) >= 11 is 0. The van der Waals surface area contributed by atoms with Gasteiger partial charge in [0.25, 0.3) is 0 Å². The third-order valence-electron chi connectivity index (χ3n) is 3.81. The van der Waals surface area contributed by atoms with E-state index in [9.17, 15) is 13.2 Å². The van der Waals surface area contributed by atoms with Crippen LogP contribution in [0.2, 0.25) is 0 Å². The molecule has 0 aromatic heterocycles. The lowest BCUT2D eigenvalue weighted by Gasteiger charge is -2.25. The Morgan fingerprint density at radius 1 is 1.27 bits per heavy atom. The van der Waals surface area contributed by atoms with Crippen LogP contribution in [0, 0.1) is 13.8 Å². The van der Waals surface area contributed by atoms with Crippen LogP contribution < -0.4 is 5.32 Å². The number of aryl methyl sites for hydroxylation is 2. The van der Waals surface area contributed by atoms with Gasteiger partial charge in [-0.1, -0.05) is 25.1 Å². The maximum Gasteiger partial charge on any atom is 0.225 e. The van der Waals surface area contributed by atoms with Crippen molar-refractivity contribution in [2.24, 2.45) is 0 Å². The highest BCUT2D eigenvalue weighted by atomic mass is 32.2. The number of anilines is 1. The fourth-order valence-corrected chi connectivity index (χ4v) is 3.57. The van der Waals surface area contributed by atoms with Crippen molar-refractivity contribution in [2.75, 3.05) is 18.1 Å². The summed E-state index contributed by atoms with van der Waals surface area (Å²) in [5, 5.41) is 2.88. The average molecular weight is 326 g/mol. The Balaban J connectivity index is 2.73. The molecule has 1 rings (SSSR count). The van der Waals surface area contributed by atoms with Crippen LogP contribution in [-0.2, 0) is 14.8 Å². The van der Waals surface area contributed by atoms with E-state index < -0.39 is 10.0 Å². The number of hydrogen-bond donors (Lipinski definition) is 1. The fourth-order valence-electron chi connectivity index (χ4n) is 2.34. The van der Waals surface area contributed by atoms with Gasteiger partial charge in [0.2, 0.25) is 15.9 Å². The lowest BCUT2D eigenvalue weighted by atomic mass is 10.1. The number of rotatable bonds is 7. The zero-order valence-electron chi connectivity index (χ0n) is 14.0. The van der Waals surface area contributed by atoms with Crippen molar-refractivity contribution in [3.63, 3.8) is 0 Å². The SMILES string of the molecule is CCC(C)N(CCC(=O)Nc1c(C)cccc1C)S(C)(=O)=O. The molecule has 0 heterocycles. The highest BCUT2D eigenvalue weighted by Gasteiger charge is 2.22. The van der Waals surface area contributed by atoms with Gasteiger partial charge in [-0.2, -0.15) is 4.31 Å². The van der Waals surface area contributed by atoms with Crippen LogP contribution in [0.4, 0.5) is 5.69 Å². The Labute approximate surface area is 133 Å². The number of hydrogen-bond acceptors (Lipinski definition) is 3. The van der Waals surface area contributed by atoms with Crippen molar-refractivity contribution >= 4 is 21.6 Å². The molecule has 6 heteroatoms. The predicted octanol–water partition coefficient (Wildman–Crippen LogP) is 2.69. The summed E-state index contributed by atoms with van der Waals surface area (Å²) in [6, 6.07) is 5.70. The Morgan fingerprint density at radius 3 is 2.27 bits per heavy atom. The van der Waals surface area contributed by atoms with Crippen molar-refractivity contribution in [1.29, 1.82) is 0 Å². The van der Waals surface area contributed by atoms with Crippen LogP contribution in [0.1, 0.15) is 37.8 Å². The smallest absolute Gasteiger partial charge is 0.225 e. The van der Waals surface area contributed by atoms with Gasteiger partial charge < -0.3 is 5.32 Å². The summed E-state index contributed by atoms with van der Waals surface area (Å²) in [6.07, 6.45) is 2.04. The molecule has 124 valence electrons. The van der Waals surface area contributed by atoms with Crippen molar-refractivity contribution in [3.8, 4) is 0 Å². The fraction of sp³-hybridized carbons (Fsp3) is 0.562. The first-order valence-electron chi connectivity index (χ1n) is 7.49. The molecule has 1 aromatic rings. The number of sulfonamides is 1. The molecule has 0 radical (unpaired) electrons. The van der Waals surface area contributed by atoms with E-state index in [1.165, 1.54) is 10.6 Å². The van der Waals surface area contributed by atoms with Crippen LogP contribution in [0.25, 0.3) is 0 Å². The minimum absolute atomic E-state index is 0.108. The Hall–Kier alpha value is -1.40. The summed E-state index contributed by atoms with van der Waals surface area (Å²) in [5.41, 5.74) is 2.80. The number of nitrogens with one attached hydrogen (secondary N) is 1. The van der Waals surface area contributed by atoms with Gasteiger partial charge in [0.15, 0.2) is 0 Å². The molecule has 0 spiro atoms. The third kappa shape index (κ3) is 5.10. The van der Waals surface area contributed by atoms with Crippen molar-refractivity contribution in [2.45, 2.75) is 46.6 Å². The molecule has 0 aliphatic heterocycles. The zero-order valence-corrected chi connectivity index (χ0v) is 14.8. The lowest BCUT2D eigenvalue weighted by Crippen LogP contribution is -2.39. The molecule has 0 aliphatic carbocycles. The van der Waals surface area contributed by atoms with E-state index in [1.54, 1.807) is 0 Å². The normalized spacial score (nSPS) is 13.2. The molecule has 0 saturated carbocycles. The number of benzene rings is 1. The van der Waals surface area contributed by atoms with Gasteiger partial charge in [0.1, 0.15) is 0 Å². The summed E-state index contributed by atoms with van der Waals surface area (Å²) in [5.74, 6) is -0.172. The van der Waals surface area contributed by atoms with Crippen LogP contribution in [-0.4, -0.2) is 37.5 Å². The molecule has 1 unspecified atom stereocenters. The van der Waals surface area contributed by atoms with E-state index in [4.69, 9.17) is 0 Å². The van der Waals surface area contributed by atoms with Crippen LogP contribution in [0.3, 0.4) is 0 Å². The van der Waals surface area contributed by atoms with Crippen molar-refractivity contribution in [1.82, 2.24) is 4.31 Å². The second-order valence-corrected chi connectivity index (χ2v) is 7.63. The van der Waals surface area contributed by atoms with E-state index in [2.05, 4.69) is 5.32 Å². The zero-order chi connectivity index (χ0) is 16.9. The van der Waals surface area contributed by atoms with Gasteiger partial charge in [-0.3, -0.25) is 4.79 Å². The first kappa shape index (κ1) is 18.6. The van der Waals surface area contributed by atoms with Crippen LogP contribution in [0.15, 0.2) is 18.2 Å². The van der Waals surface area contributed by atoms with Gasteiger partial charge in [-0.15, -0.1) is 0 Å². The van der Waals surface area contributed by atoms with Crippen LogP contribution in [0.5, 0.6) is 0 Å². The maximum absolute atomic E-state index is 12.1. The monoisotopic (exact) mass is 326 g/mol. The number of carbonyl (C=O) groups excluding carboxylic acids is 1. The Bertz CT molecular complexity index is 606. The minimum atomic E-state index is -3.31. The van der Waals surface area contributed by atoms with Crippen LogP contribution >= 0.6 is 0 Å². The highest BCUT2D eigenvalue weighted by Crippen LogP contribution is 2.19. The van der Waals surface area contributed by atoms with Crippen molar-refractivity contribution < 1.29 is 13.2 Å². The summed E-state index contributed by atoms with van der Waals surface area (Å²) in [6.45, 7) is 7.85. The van der Waals surface area contributed by atoms with Crippen molar-refractivity contribution in [3.05, 3.63) is 29.3 Å². The van der Waals surface area contributed by atoms with Gasteiger partial charge in [-0.05, 0) is 38.3 Å². The van der Waals surface area contributed by atoms with E-state index in [0.29, 0.717) is 6.42 Å². The van der Waals surface area contributed by atoms with E-state index in [0.717, 1.165) is 16.8 Å². The van der Waals surface area contributed by atoms with Gasteiger partial charge in [0.05, 0.1) is 6.26 Å². The second kappa shape index (κ2) is 7.74. The maximum atomic E-state index is 12.1. The number of amides is 1. The molecule has 1 N–H and O–H groups in total. The standard InChI is InChI=1S/C16H26N2O3S/c1-6-14(4)18(22(5,20)21)11-10-15(19)17-16-12(2)8-7-9-13(16)3/h7-9,14H,6,10-11H2,1-5H3,(H,17,19). The largest absolute Gasteiger partial charge is 0.326 e. The first-order chi connectivity index (χ1) is 10.2. The minimum Gasteiger partial charge on any atom is -0.326 e. The molecule has 22 heavy (non-hydrogen) atoms. The molecule has 1 aromatic carbocycles. The number of carbonyl (C=O) groups is 1. The number of para-hydroxylation sites is 1. The molecule has 1 amide bonds. The number of nitrogens with zero attached hydrogens (tertiary/aromatic N) is 1. The summed E-state index contributed by atoms with van der Waals surface area (Å²) < 4.78 is 25.0. The molecule has 0 saturated heterocycles. The van der Waals surface area contributed by atoms with E-state index >= 15 is 0 Å². The quantitative estimate of drug-likeness (QED) is 0.838. The second-order valence-electron chi connectivity index (χ2n) is 5.70. The Morgan fingerprint density at radius 2 is 1.82 bits per heavy atom. The summed E-state index contributed by atoms with van der Waals surface area (Å²) in [7, 11) is -3.31. The van der Waals surface area contributed by atoms with Gasteiger partial charge in [-0.25, -0.2) is 8.42 Å². The molecule has 0 bridgehead atoms. The first-order valence-corrected chi connectivity index (χ1v) is 9.34. The van der Waals surface area contributed by atoms with Gasteiger partial charge in [0, 0.05) is 24.7 Å². The Kier molecular flexibility index (Phi) is 6.56. The molecule has 0 aliphatic rings. The third-order valence-corrected chi connectivity index (χ3v) is 5.21. The molecule has 0 fully saturated rings. The molecule has 5 nitrogen and oxygen atoms in total. The molecular formula is C16H26N2O3S. The lowest BCUT2D eigenvalue weighted by molar-refractivity contribution is -0.116. The van der Waals surface area contributed by atoms with Gasteiger partial charge >= 0.3 is 0 Å². The van der Waals surface area contributed by atoms with E-state index in [1.807, 2.05) is 45.9 Å².